The van der Waals surface area contributed by atoms with Crippen molar-refractivity contribution in [2.75, 3.05) is 5.32 Å². The molecule has 1 aromatic rings. The van der Waals surface area contributed by atoms with Crippen molar-refractivity contribution in [1.82, 2.24) is 4.98 Å². The quantitative estimate of drug-likeness (QED) is 0.805. The minimum Gasteiger partial charge on any atom is -0.478 e. The summed E-state index contributed by atoms with van der Waals surface area (Å²) < 4.78 is 0. The van der Waals surface area contributed by atoms with Gasteiger partial charge in [0, 0.05) is 12.2 Å². The van der Waals surface area contributed by atoms with Gasteiger partial charge >= 0.3 is 5.97 Å². The second-order valence-corrected chi connectivity index (χ2v) is 3.15. The fourth-order valence-corrected chi connectivity index (χ4v) is 1.08. The molecule has 0 bridgehead atoms. The maximum absolute atomic E-state index is 10.6. The van der Waals surface area contributed by atoms with E-state index in [2.05, 4.69) is 10.3 Å². The molecular formula is C9H11ClN2O2. The number of pyridine rings is 1. The summed E-state index contributed by atoms with van der Waals surface area (Å²) in [5.41, 5.74) is 0.276. The fourth-order valence-electron chi connectivity index (χ4n) is 1.08. The van der Waals surface area contributed by atoms with E-state index < -0.39 is 5.97 Å². The SMILES string of the molecule is Cl.O=C(O)c1ccnc(NC2CC2)c1. The first-order chi connectivity index (χ1) is 6.25. The lowest BCUT2D eigenvalue weighted by Crippen LogP contribution is -2.05. The van der Waals surface area contributed by atoms with E-state index in [1.807, 2.05) is 0 Å². The molecule has 1 heterocycles. The zero-order valence-corrected chi connectivity index (χ0v) is 8.25. The number of aromatic carboxylic acids is 1. The molecule has 76 valence electrons. The Hall–Kier alpha value is -1.29. The van der Waals surface area contributed by atoms with E-state index in [1.165, 1.54) is 12.3 Å². The minimum atomic E-state index is -0.916. The zero-order chi connectivity index (χ0) is 9.26. The Morgan fingerprint density at radius 2 is 2.29 bits per heavy atom. The molecule has 1 aliphatic rings. The van der Waals surface area contributed by atoms with Crippen LogP contribution < -0.4 is 5.32 Å². The van der Waals surface area contributed by atoms with Crippen LogP contribution >= 0.6 is 12.4 Å². The van der Waals surface area contributed by atoms with Crippen molar-refractivity contribution in [3.63, 3.8) is 0 Å². The molecule has 1 aliphatic carbocycles. The number of nitrogens with one attached hydrogen (secondary N) is 1. The smallest absolute Gasteiger partial charge is 0.335 e. The predicted molar refractivity (Wildman–Crippen MR) is 55.1 cm³/mol. The number of carbonyl (C=O) groups is 1. The molecule has 0 aliphatic heterocycles. The van der Waals surface area contributed by atoms with Gasteiger partial charge in [-0.15, -0.1) is 12.4 Å². The maximum atomic E-state index is 10.6. The van der Waals surface area contributed by atoms with Gasteiger partial charge in [-0.1, -0.05) is 0 Å². The zero-order valence-electron chi connectivity index (χ0n) is 7.43. The van der Waals surface area contributed by atoms with Gasteiger partial charge in [-0.25, -0.2) is 9.78 Å². The molecule has 0 saturated heterocycles. The summed E-state index contributed by atoms with van der Waals surface area (Å²) in [5.74, 6) is -0.261. The Balaban J connectivity index is 0.000000980. The van der Waals surface area contributed by atoms with E-state index in [1.54, 1.807) is 6.07 Å². The van der Waals surface area contributed by atoms with Crippen LogP contribution in [0.1, 0.15) is 23.2 Å². The van der Waals surface area contributed by atoms with Crippen LogP contribution in [-0.4, -0.2) is 22.1 Å². The predicted octanol–water partition coefficient (Wildman–Crippen LogP) is 1.78. The van der Waals surface area contributed by atoms with Crippen molar-refractivity contribution >= 4 is 24.2 Å². The number of halogens is 1. The number of hydrogen-bond acceptors (Lipinski definition) is 3. The average Bonchev–Trinajstić information content (AvgIpc) is 2.89. The first-order valence-corrected chi connectivity index (χ1v) is 4.21. The lowest BCUT2D eigenvalue weighted by Gasteiger charge is -2.02. The van der Waals surface area contributed by atoms with Gasteiger partial charge < -0.3 is 10.4 Å². The van der Waals surface area contributed by atoms with Gasteiger partial charge in [0.05, 0.1) is 5.56 Å². The molecule has 1 aromatic heterocycles. The Labute approximate surface area is 87.8 Å². The van der Waals surface area contributed by atoms with Gasteiger partial charge in [0.1, 0.15) is 5.82 Å². The van der Waals surface area contributed by atoms with Crippen LogP contribution in [0.15, 0.2) is 18.3 Å². The molecule has 4 nitrogen and oxygen atoms in total. The number of aromatic nitrogens is 1. The van der Waals surface area contributed by atoms with Crippen LogP contribution in [-0.2, 0) is 0 Å². The summed E-state index contributed by atoms with van der Waals surface area (Å²) in [6, 6.07) is 3.54. The van der Waals surface area contributed by atoms with Crippen molar-refractivity contribution in [2.45, 2.75) is 18.9 Å². The van der Waals surface area contributed by atoms with Crippen molar-refractivity contribution in [1.29, 1.82) is 0 Å². The van der Waals surface area contributed by atoms with Crippen LogP contribution in [0.2, 0.25) is 0 Å². The Kier molecular flexibility index (Phi) is 3.30. The minimum absolute atomic E-state index is 0. The maximum Gasteiger partial charge on any atom is 0.335 e. The van der Waals surface area contributed by atoms with Crippen molar-refractivity contribution in [3.05, 3.63) is 23.9 Å². The van der Waals surface area contributed by atoms with E-state index in [0.717, 1.165) is 12.8 Å². The van der Waals surface area contributed by atoms with Crippen molar-refractivity contribution in [3.8, 4) is 0 Å². The third kappa shape index (κ3) is 2.60. The van der Waals surface area contributed by atoms with Crippen LogP contribution in [0.5, 0.6) is 0 Å². The molecule has 0 unspecified atom stereocenters. The highest BCUT2D eigenvalue weighted by Gasteiger charge is 2.21. The third-order valence-corrected chi connectivity index (χ3v) is 1.94. The highest BCUT2D eigenvalue weighted by atomic mass is 35.5. The van der Waals surface area contributed by atoms with Gasteiger partial charge in [0.25, 0.3) is 0 Å². The van der Waals surface area contributed by atoms with Gasteiger partial charge in [-0.2, -0.15) is 0 Å². The summed E-state index contributed by atoms with van der Waals surface area (Å²) in [6.07, 6.45) is 3.81. The molecule has 0 spiro atoms. The average molecular weight is 215 g/mol. The topological polar surface area (TPSA) is 62.2 Å². The van der Waals surface area contributed by atoms with Gasteiger partial charge in [-0.05, 0) is 25.0 Å². The van der Waals surface area contributed by atoms with E-state index in [-0.39, 0.29) is 18.0 Å². The fraction of sp³-hybridized carbons (Fsp3) is 0.333. The second kappa shape index (κ2) is 4.28. The lowest BCUT2D eigenvalue weighted by atomic mass is 10.2. The molecule has 5 heteroatoms. The summed E-state index contributed by atoms with van der Waals surface area (Å²) in [7, 11) is 0. The summed E-state index contributed by atoms with van der Waals surface area (Å²) >= 11 is 0. The van der Waals surface area contributed by atoms with E-state index >= 15 is 0 Å². The summed E-state index contributed by atoms with van der Waals surface area (Å²) in [6.45, 7) is 0. The monoisotopic (exact) mass is 214 g/mol. The van der Waals surface area contributed by atoms with Crippen LogP contribution in [0.4, 0.5) is 5.82 Å². The van der Waals surface area contributed by atoms with E-state index in [4.69, 9.17) is 5.11 Å². The molecular weight excluding hydrogens is 204 g/mol. The molecule has 0 atom stereocenters. The summed E-state index contributed by atoms with van der Waals surface area (Å²) in [5, 5.41) is 11.8. The van der Waals surface area contributed by atoms with E-state index in [0.29, 0.717) is 11.9 Å². The number of rotatable bonds is 3. The number of hydrogen-bond donors (Lipinski definition) is 2. The van der Waals surface area contributed by atoms with Crippen molar-refractivity contribution in [2.24, 2.45) is 0 Å². The largest absolute Gasteiger partial charge is 0.478 e. The highest BCUT2D eigenvalue weighted by Crippen LogP contribution is 2.23. The number of carboxylic acids is 1. The highest BCUT2D eigenvalue weighted by molar-refractivity contribution is 5.88. The first-order valence-electron chi connectivity index (χ1n) is 4.21. The van der Waals surface area contributed by atoms with Gasteiger partial charge in [0.15, 0.2) is 0 Å². The molecule has 14 heavy (non-hydrogen) atoms. The van der Waals surface area contributed by atoms with Crippen LogP contribution in [0.25, 0.3) is 0 Å². The van der Waals surface area contributed by atoms with Gasteiger partial charge in [0.2, 0.25) is 0 Å². The summed E-state index contributed by atoms with van der Waals surface area (Å²) in [4.78, 5) is 14.6. The Morgan fingerprint density at radius 3 is 2.86 bits per heavy atom. The Morgan fingerprint density at radius 1 is 1.57 bits per heavy atom. The molecule has 1 fully saturated rings. The third-order valence-electron chi connectivity index (χ3n) is 1.94. The normalized spacial score (nSPS) is 14.3. The molecule has 0 amide bonds. The van der Waals surface area contributed by atoms with Crippen LogP contribution in [0.3, 0.4) is 0 Å². The number of carboxylic acid groups (broad SMARTS) is 1. The number of anilines is 1. The molecule has 2 N–H and O–H groups in total. The van der Waals surface area contributed by atoms with Gasteiger partial charge in [-0.3, -0.25) is 0 Å². The molecule has 0 aromatic carbocycles. The number of nitrogens with zero attached hydrogens (tertiary/aromatic N) is 1. The molecule has 0 radical (unpaired) electrons. The Bertz CT molecular complexity index is 339. The standard InChI is InChI=1S/C9H10N2O2.ClH/c12-9(13)6-3-4-10-8(5-6)11-7-1-2-7;/h3-5,7H,1-2H2,(H,10,11)(H,12,13);1H. The second-order valence-electron chi connectivity index (χ2n) is 3.15. The molecule has 2 rings (SSSR count). The van der Waals surface area contributed by atoms with E-state index in [9.17, 15) is 4.79 Å². The lowest BCUT2D eigenvalue weighted by molar-refractivity contribution is 0.0697. The first kappa shape index (κ1) is 10.8. The molecule has 1 saturated carbocycles. The van der Waals surface area contributed by atoms with Crippen LogP contribution in [0, 0.1) is 0 Å². The van der Waals surface area contributed by atoms with Crippen molar-refractivity contribution < 1.29 is 9.90 Å².